The molecule has 2 rings (SSSR count). The van der Waals surface area contributed by atoms with Gasteiger partial charge in [-0.25, -0.2) is 17.2 Å². The topological polar surface area (TPSA) is 89.3 Å². The number of anilines is 1. The monoisotopic (exact) mass is 290 g/mol. The zero-order valence-corrected chi connectivity index (χ0v) is 10.6. The van der Waals surface area contributed by atoms with Crippen LogP contribution in [0.25, 0.3) is 0 Å². The van der Waals surface area contributed by atoms with Gasteiger partial charge in [0.25, 0.3) is 0 Å². The first-order valence-corrected chi connectivity index (χ1v) is 7.21. The highest BCUT2D eigenvalue weighted by Crippen LogP contribution is 2.23. The largest absolute Gasteiger partial charge is 0.399 e. The van der Waals surface area contributed by atoms with Crippen LogP contribution in [0.4, 0.5) is 14.5 Å². The van der Waals surface area contributed by atoms with Crippen LogP contribution in [0.1, 0.15) is 12.8 Å². The Morgan fingerprint density at radius 1 is 1.32 bits per heavy atom. The molecule has 1 aromatic carbocycles. The third kappa shape index (κ3) is 3.19. The summed E-state index contributed by atoms with van der Waals surface area (Å²) in [7, 11) is -4.37. The van der Waals surface area contributed by atoms with E-state index in [0.29, 0.717) is 12.1 Å². The number of halogens is 2. The second-order valence-electron chi connectivity index (χ2n) is 4.41. The lowest BCUT2D eigenvalue weighted by atomic mass is 10.3. The Hall–Kier alpha value is -1.70. The third-order valence-electron chi connectivity index (χ3n) is 2.60. The van der Waals surface area contributed by atoms with Crippen molar-refractivity contribution < 1.29 is 22.0 Å². The van der Waals surface area contributed by atoms with Gasteiger partial charge in [0.2, 0.25) is 5.91 Å². The summed E-state index contributed by atoms with van der Waals surface area (Å²) < 4.78 is 50.6. The Morgan fingerprint density at radius 3 is 2.32 bits per heavy atom. The molecule has 1 fully saturated rings. The Bertz CT molecular complexity index is 604. The maximum Gasteiger partial charge on any atom is 0.235 e. The van der Waals surface area contributed by atoms with Gasteiger partial charge in [0.1, 0.15) is 22.3 Å². The number of carbonyl (C=O) groups is 1. The number of nitrogens with two attached hydrogens (primary N) is 1. The van der Waals surface area contributed by atoms with Gasteiger partial charge in [-0.3, -0.25) is 4.79 Å². The van der Waals surface area contributed by atoms with E-state index in [9.17, 15) is 22.0 Å². The van der Waals surface area contributed by atoms with E-state index in [2.05, 4.69) is 5.32 Å². The molecule has 1 amide bonds. The molecule has 0 saturated heterocycles. The molecule has 0 aliphatic heterocycles. The molecule has 8 heteroatoms. The highest BCUT2D eigenvalue weighted by molar-refractivity contribution is 7.92. The Morgan fingerprint density at radius 2 is 1.84 bits per heavy atom. The molecule has 1 aromatic rings. The quantitative estimate of drug-likeness (QED) is 0.795. The predicted octanol–water partition coefficient (Wildman–Crippen LogP) is 0.599. The van der Waals surface area contributed by atoms with Crippen molar-refractivity contribution in [3.8, 4) is 0 Å². The van der Waals surface area contributed by atoms with Crippen molar-refractivity contribution in [3.63, 3.8) is 0 Å². The number of benzene rings is 1. The molecular formula is C11H12F2N2O3S. The fourth-order valence-electron chi connectivity index (χ4n) is 1.62. The molecular weight excluding hydrogens is 278 g/mol. The summed E-state index contributed by atoms with van der Waals surface area (Å²) in [5.74, 6) is -4.34. The molecule has 0 aromatic heterocycles. The molecule has 5 nitrogen and oxygen atoms in total. The normalized spacial score (nSPS) is 15.3. The highest BCUT2D eigenvalue weighted by atomic mass is 32.2. The SMILES string of the molecule is Nc1cc(F)c(S(=O)(=O)CC(=O)NC2CC2)c(F)c1. The van der Waals surface area contributed by atoms with E-state index in [1.54, 1.807) is 0 Å². The summed E-state index contributed by atoms with van der Waals surface area (Å²) in [6.07, 6.45) is 1.58. The van der Waals surface area contributed by atoms with Crippen molar-refractivity contribution in [2.24, 2.45) is 0 Å². The average Bonchev–Trinajstić information content (AvgIpc) is 2.97. The first-order valence-electron chi connectivity index (χ1n) is 5.56. The Kier molecular flexibility index (Phi) is 3.44. The van der Waals surface area contributed by atoms with Gasteiger partial charge in [-0.15, -0.1) is 0 Å². The second-order valence-corrected chi connectivity index (χ2v) is 6.34. The predicted molar refractivity (Wildman–Crippen MR) is 64.0 cm³/mol. The van der Waals surface area contributed by atoms with Crippen molar-refractivity contribution in [3.05, 3.63) is 23.8 Å². The zero-order chi connectivity index (χ0) is 14.2. The van der Waals surface area contributed by atoms with Gasteiger partial charge >= 0.3 is 0 Å². The molecule has 1 saturated carbocycles. The minimum atomic E-state index is -4.37. The fourth-order valence-corrected chi connectivity index (χ4v) is 2.90. The summed E-state index contributed by atoms with van der Waals surface area (Å²) in [5.41, 5.74) is 4.97. The lowest BCUT2D eigenvalue weighted by molar-refractivity contribution is -0.118. The van der Waals surface area contributed by atoms with Gasteiger partial charge < -0.3 is 11.1 Å². The van der Waals surface area contributed by atoms with E-state index in [0.717, 1.165) is 12.8 Å². The number of rotatable bonds is 4. The highest BCUT2D eigenvalue weighted by Gasteiger charge is 2.30. The van der Waals surface area contributed by atoms with Gasteiger partial charge in [0, 0.05) is 11.7 Å². The van der Waals surface area contributed by atoms with Crippen molar-refractivity contribution in [2.75, 3.05) is 11.5 Å². The minimum Gasteiger partial charge on any atom is -0.399 e. The van der Waals surface area contributed by atoms with Crippen LogP contribution in [0.3, 0.4) is 0 Å². The van der Waals surface area contributed by atoms with Crippen LogP contribution >= 0.6 is 0 Å². The number of nitrogen functional groups attached to an aromatic ring is 1. The van der Waals surface area contributed by atoms with Crippen LogP contribution in [-0.2, 0) is 14.6 Å². The van der Waals surface area contributed by atoms with Gasteiger partial charge in [-0.2, -0.15) is 0 Å². The van der Waals surface area contributed by atoms with Crippen molar-refractivity contribution in [1.29, 1.82) is 0 Å². The van der Waals surface area contributed by atoms with Gasteiger partial charge in [-0.05, 0) is 25.0 Å². The number of hydrogen-bond donors (Lipinski definition) is 2. The van der Waals surface area contributed by atoms with E-state index < -0.39 is 38.0 Å². The van der Waals surface area contributed by atoms with Crippen LogP contribution in [0.15, 0.2) is 17.0 Å². The van der Waals surface area contributed by atoms with E-state index in [1.807, 2.05) is 0 Å². The lowest BCUT2D eigenvalue weighted by Gasteiger charge is -2.08. The molecule has 0 unspecified atom stereocenters. The summed E-state index contributed by atoms with van der Waals surface area (Å²) in [6.45, 7) is 0. The molecule has 1 aliphatic rings. The van der Waals surface area contributed by atoms with Gasteiger partial charge in [0.15, 0.2) is 9.84 Å². The second kappa shape index (κ2) is 4.76. The summed E-state index contributed by atoms with van der Waals surface area (Å²) in [4.78, 5) is 10.3. The average molecular weight is 290 g/mol. The van der Waals surface area contributed by atoms with Crippen molar-refractivity contribution >= 4 is 21.4 Å². The molecule has 0 bridgehead atoms. The summed E-state index contributed by atoms with van der Waals surface area (Å²) >= 11 is 0. The molecule has 0 spiro atoms. The van der Waals surface area contributed by atoms with Crippen LogP contribution < -0.4 is 11.1 Å². The first-order chi connectivity index (χ1) is 8.79. The van der Waals surface area contributed by atoms with E-state index in [4.69, 9.17) is 5.73 Å². The number of hydrogen-bond acceptors (Lipinski definition) is 4. The standard InChI is InChI=1S/C11H12F2N2O3S/c12-8-3-6(14)4-9(13)11(8)19(17,18)5-10(16)15-7-1-2-7/h3-4,7H,1-2,5,14H2,(H,15,16). The van der Waals surface area contributed by atoms with E-state index in [-0.39, 0.29) is 11.7 Å². The van der Waals surface area contributed by atoms with Crippen LogP contribution in [0.5, 0.6) is 0 Å². The molecule has 0 radical (unpaired) electrons. The number of nitrogens with one attached hydrogen (secondary N) is 1. The number of carbonyl (C=O) groups excluding carboxylic acids is 1. The third-order valence-corrected chi connectivity index (χ3v) is 4.25. The van der Waals surface area contributed by atoms with Crippen molar-refractivity contribution in [1.82, 2.24) is 5.32 Å². The smallest absolute Gasteiger partial charge is 0.235 e. The number of amides is 1. The van der Waals surface area contributed by atoms with Crippen LogP contribution in [-0.4, -0.2) is 26.1 Å². The summed E-state index contributed by atoms with van der Waals surface area (Å²) in [6, 6.07) is 1.38. The first kappa shape index (κ1) is 13.7. The maximum atomic E-state index is 13.5. The molecule has 104 valence electrons. The lowest BCUT2D eigenvalue weighted by Crippen LogP contribution is -2.32. The Balaban J connectivity index is 2.26. The zero-order valence-electron chi connectivity index (χ0n) is 9.82. The Labute approximate surface area is 108 Å². The van der Waals surface area contributed by atoms with Gasteiger partial charge in [-0.1, -0.05) is 0 Å². The fraction of sp³-hybridized carbons (Fsp3) is 0.364. The number of sulfone groups is 1. The summed E-state index contributed by atoms with van der Waals surface area (Å²) in [5, 5.41) is 2.44. The van der Waals surface area contributed by atoms with E-state index >= 15 is 0 Å². The van der Waals surface area contributed by atoms with E-state index in [1.165, 1.54) is 0 Å². The molecule has 19 heavy (non-hydrogen) atoms. The molecule has 0 atom stereocenters. The molecule has 3 N–H and O–H groups in total. The molecule has 0 heterocycles. The minimum absolute atomic E-state index is 0.0242. The van der Waals surface area contributed by atoms with Crippen LogP contribution in [0, 0.1) is 11.6 Å². The van der Waals surface area contributed by atoms with Crippen molar-refractivity contribution in [2.45, 2.75) is 23.8 Å². The van der Waals surface area contributed by atoms with Crippen LogP contribution in [0.2, 0.25) is 0 Å². The van der Waals surface area contributed by atoms with Gasteiger partial charge in [0.05, 0.1) is 0 Å². The maximum absolute atomic E-state index is 13.5. The molecule has 1 aliphatic carbocycles.